The van der Waals surface area contributed by atoms with Crippen molar-refractivity contribution in [2.24, 2.45) is 17.8 Å². The van der Waals surface area contributed by atoms with Crippen molar-refractivity contribution >= 4 is 36.0 Å². The standard InChI is InChI=1S/C36H66N6O12/c1-34(2,3)52-31(46)40-13-19-49-16-10-37-28(43)25-22-26(29(44)38-11-17-50-20-14-41-32(47)53-35(4,5)6)24-27(23-25)30(45)39-12-18-51-21-15-42-33(48)54-36(7,8)9/h25-27H,10-24H2,1-9H3,(H,37,43)(H,38,44)(H,39,45)(H,40,46)(H,41,47)(H,42,48). The maximum Gasteiger partial charge on any atom is 0.407 e. The second kappa shape index (κ2) is 24.5. The lowest BCUT2D eigenvalue weighted by molar-refractivity contribution is -0.135. The number of amides is 6. The number of hydrogen-bond acceptors (Lipinski definition) is 12. The second-order valence-corrected chi connectivity index (χ2v) is 15.8. The Morgan fingerprint density at radius 3 is 0.796 bits per heavy atom. The molecule has 18 heteroatoms. The second-order valence-electron chi connectivity index (χ2n) is 15.8. The number of alkyl carbamates (subject to hydrolysis) is 3. The van der Waals surface area contributed by atoms with E-state index in [1.807, 2.05) is 0 Å². The molecule has 0 aliphatic heterocycles. The van der Waals surface area contributed by atoms with Crippen LogP contribution < -0.4 is 31.9 Å². The molecule has 1 aliphatic carbocycles. The van der Waals surface area contributed by atoms with Crippen molar-refractivity contribution in [3.8, 4) is 0 Å². The van der Waals surface area contributed by atoms with Gasteiger partial charge in [-0.2, -0.15) is 0 Å². The highest BCUT2D eigenvalue weighted by atomic mass is 16.6. The summed E-state index contributed by atoms with van der Waals surface area (Å²) >= 11 is 0. The third-order valence-electron chi connectivity index (χ3n) is 7.20. The van der Waals surface area contributed by atoms with E-state index in [-0.39, 0.29) is 116 Å². The van der Waals surface area contributed by atoms with Crippen LogP contribution in [0.15, 0.2) is 0 Å². The Kier molecular flexibility index (Phi) is 21.8. The van der Waals surface area contributed by atoms with Gasteiger partial charge in [0.2, 0.25) is 17.7 Å². The Hall–Kier alpha value is -3.90. The summed E-state index contributed by atoms with van der Waals surface area (Å²) in [6.45, 7) is 18.5. The fourth-order valence-electron chi connectivity index (χ4n) is 5.06. The quantitative estimate of drug-likeness (QED) is 0.0727. The van der Waals surface area contributed by atoms with Crippen LogP contribution in [0, 0.1) is 17.8 Å². The summed E-state index contributed by atoms with van der Waals surface area (Å²) in [5.41, 5.74) is -1.82. The highest BCUT2D eigenvalue weighted by Gasteiger charge is 2.39. The van der Waals surface area contributed by atoms with Gasteiger partial charge in [-0.25, -0.2) is 14.4 Å². The Morgan fingerprint density at radius 2 is 0.593 bits per heavy atom. The van der Waals surface area contributed by atoms with E-state index in [9.17, 15) is 28.8 Å². The molecule has 0 aromatic carbocycles. The summed E-state index contributed by atoms with van der Waals surface area (Å²) in [7, 11) is 0. The molecule has 0 bridgehead atoms. The first-order valence-electron chi connectivity index (χ1n) is 18.6. The zero-order valence-corrected chi connectivity index (χ0v) is 33.7. The molecule has 6 amide bonds. The molecule has 1 aliphatic rings. The van der Waals surface area contributed by atoms with Gasteiger partial charge in [0, 0.05) is 57.0 Å². The van der Waals surface area contributed by atoms with Crippen LogP contribution in [0.2, 0.25) is 0 Å². The predicted molar refractivity (Wildman–Crippen MR) is 199 cm³/mol. The highest BCUT2D eigenvalue weighted by Crippen LogP contribution is 2.34. The van der Waals surface area contributed by atoms with Crippen molar-refractivity contribution in [2.45, 2.75) is 98.4 Å². The Morgan fingerprint density at radius 1 is 0.389 bits per heavy atom. The third-order valence-corrected chi connectivity index (χ3v) is 7.20. The molecular weight excluding hydrogens is 708 g/mol. The zero-order valence-electron chi connectivity index (χ0n) is 33.7. The maximum atomic E-state index is 13.2. The fraction of sp³-hybridized carbons (Fsp3) is 0.833. The SMILES string of the molecule is CC(C)(C)OC(=O)NCCOCCNC(=O)C1CC(C(=O)NCCOCCNC(=O)OC(C)(C)C)CC(C(=O)NCCOCCNC(=O)OC(C)(C)C)C1. The van der Waals surface area contributed by atoms with Crippen LogP contribution in [-0.4, -0.2) is 132 Å². The molecule has 54 heavy (non-hydrogen) atoms. The highest BCUT2D eigenvalue weighted by molar-refractivity contribution is 5.86. The van der Waals surface area contributed by atoms with Crippen molar-refractivity contribution in [2.75, 3.05) is 78.9 Å². The van der Waals surface area contributed by atoms with Crippen LogP contribution in [0.25, 0.3) is 0 Å². The normalized spacial score (nSPS) is 17.4. The maximum absolute atomic E-state index is 13.2. The zero-order chi connectivity index (χ0) is 40.8. The van der Waals surface area contributed by atoms with Gasteiger partial charge in [0.05, 0.1) is 39.6 Å². The van der Waals surface area contributed by atoms with Crippen LogP contribution in [-0.2, 0) is 42.8 Å². The van der Waals surface area contributed by atoms with Crippen molar-refractivity contribution in [1.82, 2.24) is 31.9 Å². The van der Waals surface area contributed by atoms with E-state index < -0.39 is 52.8 Å². The first kappa shape index (κ1) is 48.1. The molecular formula is C36H66N6O12. The van der Waals surface area contributed by atoms with Crippen LogP contribution in [0.1, 0.15) is 81.6 Å². The van der Waals surface area contributed by atoms with Crippen molar-refractivity contribution in [3.05, 3.63) is 0 Å². The number of carbonyl (C=O) groups is 6. The van der Waals surface area contributed by atoms with E-state index in [2.05, 4.69) is 31.9 Å². The van der Waals surface area contributed by atoms with E-state index in [1.165, 1.54) is 0 Å². The summed E-state index contributed by atoms with van der Waals surface area (Å²) < 4.78 is 32.0. The number of carbonyl (C=O) groups excluding carboxylic acids is 6. The van der Waals surface area contributed by atoms with E-state index in [4.69, 9.17) is 28.4 Å². The van der Waals surface area contributed by atoms with E-state index >= 15 is 0 Å². The molecule has 0 heterocycles. The fourth-order valence-corrected chi connectivity index (χ4v) is 5.06. The van der Waals surface area contributed by atoms with Gasteiger partial charge >= 0.3 is 18.3 Å². The Labute approximate surface area is 319 Å². The molecule has 0 atom stereocenters. The molecule has 0 spiro atoms. The predicted octanol–water partition coefficient (Wildman–Crippen LogP) is 1.99. The number of rotatable bonds is 21. The summed E-state index contributed by atoms with van der Waals surface area (Å²) in [6, 6.07) is 0. The van der Waals surface area contributed by atoms with Gasteiger partial charge in [-0.05, 0) is 81.6 Å². The van der Waals surface area contributed by atoms with E-state index in [0.717, 1.165) is 0 Å². The van der Waals surface area contributed by atoms with Gasteiger partial charge in [-0.3, -0.25) is 14.4 Å². The average molecular weight is 775 g/mol. The molecule has 0 aromatic rings. The number of nitrogens with one attached hydrogen (secondary N) is 6. The summed E-state index contributed by atoms with van der Waals surface area (Å²) in [5, 5.41) is 16.3. The van der Waals surface area contributed by atoms with Crippen LogP contribution in [0.5, 0.6) is 0 Å². The van der Waals surface area contributed by atoms with Gasteiger partial charge in [0.25, 0.3) is 0 Å². The summed E-state index contributed by atoms with van der Waals surface area (Å²) in [6.07, 6.45) is -0.860. The first-order valence-corrected chi connectivity index (χ1v) is 18.6. The molecule has 0 aromatic heterocycles. The van der Waals surface area contributed by atoms with Gasteiger partial charge in [-0.1, -0.05) is 0 Å². The molecule has 312 valence electrons. The van der Waals surface area contributed by atoms with Gasteiger partial charge in [0.1, 0.15) is 16.8 Å². The molecule has 0 saturated heterocycles. The van der Waals surface area contributed by atoms with Crippen molar-refractivity contribution < 1.29 is 57.2 Å². The number of hydrogen-bond donors (Lipinski definition) is 6. The van der Waals surface area contributed by atoms with Crippen LogP contribution in [0.3, 0.4) is 0 Å². The van der Waals surface area contributed by atoms with Crippen molar-refractivity contribution in [1.29, 1.82) is 0 Å². The minimum atomic E-state index is -0.608. The lowest BCUT2D eigenvalue weighted by Gasteiger charge is -2.33. The molecule has 1 fully saturated rings. The summed E-state index contributed by atoms with van der Waals surface area (Å²) in [4.78, 5) is 74.8. The van der Waals surface area contributed by atoms with E-state index in [0.29, 0.717) is 0 Å². The largest absolute Gasteiger partial charge is 0.444 e. The van der Waals surface area contributed by atoms with Crippen LogP contribution in [0.4, 0.5) is 14.4 Å². The molecule has 18 nitrogen and oxygen atoms in total. The summed E-state index contributed by atoms with van der Waals surface area (Å²) in [5.74, 6) is -2.65. The number of ether oxygens (including phenoxy) is 6. The van der Waals surface area contributed by atoms with Gasteiger partial charge in [-0.15, -0.1) is 0 Å². The molecule has 6 N–H and O–H groups in total. The first-order chi connectivity index (χ1) is 25.1. The molecule has 0 radical (unpaired) electrons. The topological polar surface area (TPSA) is 230 Å². The average Bonchev–Trinajstić information content (AvgIpc) is 3.04. The monoisotopic (exact) mass is 774 g/mol. The molecule has 1 rings (SSSR count). The Balaban J connectivity index is 2.58. The lowest BCUT2D eigenvalue weighted by atomic mass is 9.74. The van der Waals surface area contributed by atoms with Gasteiger partial charge < -0.3 is 60.3 Å². The Bertz CT molecular complexity index is 1030. The molecule has 1 saturated carbocycles. The minimum absolute atomic E-state index is 0.197. The van der Waals surface area contributed by atoms with Crippen molar-refractivity contribution in [3.63, 3.8) is 0 Å². The van der Waals surface area contributed by atoms with E-state index in [1.54, 1.807) is 62.3 Å². The molecule has 0 unspecified atom stereocenters. The van der Waals surface area contributed by atoms with Gasteiger partial charge in [0.15, 0.2) is 0 Å². The lowest BCUT2D eigenvalue weighted by Crippen LogP contribution is -2.46. The third kappa shape index (κ3) is 25.2. The minimum Gasteiger partial charge on any atom is -0.444 e. The van der Waals surface area contributed by atoms with Crippen LogP contribution >= 0.6 is 0 Å². The smallest absolute Gasteiger partial charge is 0.407 e.